The molecule has 0 saturated carbocycles. The quantitative estimate of drug-likeness (QED) is 0.768. The molecular weight excluding hydrogens is 217 g/mol. The van der Waals surface area contributed by atoms with E-state index in [2.05, 4.69) is 11.8 Å². The van der Waals surface area contributed by atoms with Gasteiger partial charge in [-0.2, -0.15) is 0 Å². The second kappa shape index (κ2) is 6.60. The molecule has 0 aliphatic carbocycles. The van der Waals surface area contributed by atoms with Gasteiger partial charge < -0.3 is 10.0 Å². The lowest BCUT2D eigenvalue weighted by atomic mass is 10.1. The molecule has 96 valence electrons. The molecule has 0 heterocycles. The Bertz CT molecular complexity index is 352. The predicted molar refractivity (Wildman–Crippen MR) is 69.8 cm³/mol. The van der Waals surface area contributed by atoms with Gasteiger partial charge in [0.1, 0.15) is 5.82 Å². The molecule has 0 bridgehead atoms. The number of hydrogen-bond donors (Lipinski definition) is 1. The van der Waals surface area contributed by atoms with Gasteiger partial charge in [0.15, 0.2) is 0 Å². The maximum absolute atomic E-state index is 13.1. The van der Waals surface area contributed by atoms with Gasteiger partial charge in [0, 0.05) is 24.8 Å². The Labute approximate surface area is 103 Å². The first kappa shape index (κ1) is 14.0. The smallest absolute Gasteiger partial charge is 0.123 e. The third kappa shape index (κ3) is 4.00. The summed E-state index contributed by atoms with van der Waals surface area (Å²) in [6.07, 6.45) is 2.84. The van der Waals surface area contributed by atoms with Crippen LogP contribution in [-0.2, 0) is 0 Å². The van der Waals surface area contributed by atoms with Gasteiger partial charge in [-0.3, -0.25) is 0 Å². The molecule has 2 nitrogen and oxygen atoms in total. The van der Waals surface area contributed by atoms with E-state index >= 15 is 0 Å². The first-order valence-electron chi connectivity index (χ1n) is 6.25. The van der Waals surface area contributed by atoms with E-state index in [1.165, 1.54) is 25.0 Å². The summed E-state index contributed by atoms with van der Waals surface area (Å²) in [5, 5.41) is 9.66. The van der Waals surface area contributed by atoms with Crippen molar-refractivity contribution in [3.8, 4) is 0 Å². The Morgan fingerprint density at radius 3 is 2.65 bits per heavy atom. The van der Waals surface area contributed by atoms with Crippen molar-refractivity contribution in [3.05, 3.63) is 29.6 Å². The molecule has 1 atom stereocenters. The lowest BCUT2D eigenvalue weighted by Crippen LogP contribution is -2.20. The van der Waals surface area contributed by atoms with Crippen molar-refractivity contribution in [1.82, 2.24) is 0 Å². The number of unbranched alkanes of at least 4 members (excludes halogenated alkanes) is 2. The summed E-state index contributed by atoms with van der Waals surface area (Å²) in [5.74, 6) is -0.299. The fourth-order valence-electron chi connectivity index (χ4n) is 1.93. The van der Waals surface area contributed by atoms with Crippen LogP contribution in [0.25, 0.3) is 0 Å². The molecule has 0 fully saturated rings. The van der Waals surface area contributed by atoms with Gasteiger partial charge in [0.25, 0.3) is 0 Å². The van der Waals surface area contributed by atoms with Crippen molar-refractivity contribution < 1.29 is 9.50 Å². The zero-order valence-corrected chi connectivity index (χ0v) is 10.9. The first-order valence-corrected chi connectivity index (χ1v) is 6.25. The Morgan fingerprint density at radius 2 is 2.06 bits per heavy atom. The van der Waals surface area contributed by atoms with Crippen LogP contribution >= 0.6 is 0 Å². The van der Waals surface area contributed by atoms with E-state index in [0.29, 0.717) is 5.56 Å². The van der Waals surface area contributed by atoms with E-state index < -0.39 is 6.10 Å². The van der Waals surface area contributed by atoms with Crippen molar-refractivity contribution >= 4 is 5.69 Å². The van der Waals surface area contributed by atoms with Crippen molar-refractivity contribution in [2.75, 3.05) is 18.5 Å². The molecule has 1 rings (SSSR count). The number of benzene rings is 1. The summed E-state index contributed by atoms with van der Waals surface area (Å²) in [5.41, 5.74) is 1.57. The summed E-state index contributed by atoms with van der Waals surface area (Å²) in [6, 6.07) is 4.59. The topological polar surface area (TPSA) is 23.5 Å². The van der Waals surface area contributed by atoms with Crippen LogP contribution in [0, 0.1) is 5.82 Å². The number of aliphatic hydroxyl groups is 1. The third-order valence-corrected chi connectivity index (χ3v) is 2.95. The van der Waals surface area contributed by atoms with Crippen molar-refractivity contribution in [2.24, 2.45) is 0 Å². The molecule has 0 amide bonds. The van der Waals surface area contributed by atoms with Crippen LogP contribution in [0.1, 0.15) is 44.8 Å². The van der Waals surface area contributed by atoms with E-state index in [0.717, 1.165) is 18.7 Å². The molecule has 17 heavy (non-hydrogen) atoms. The zero-order valence-electron chi connectivity index (χ0n) is 10.9. The zero-order chi connectivity index (χ0) is 12.8. The Hall–Kier alpha value is -1.09. The second-order valence-corrected chi connectivity index (χ2v) is 4.51. The van der Waals surface area contributed by atoms with Crippen LogP contribution in [-0.4, -0.2) is 18.7 Å². The lowest BCUT2D eigenvalue weighted by Gasteiger charge is -2.23. The number of hydrogen-bond acceptors (Lipinski definition) is 2. The van der Waals surface area contributed by atoms with E-state index in [1.54, 1.807) is 13.0 Å². The van der Waals surface area contributed by atoms with Crippen LogP contribution < -0.4 is 4.90 Å². The lowest BCUT2D eigenvalue weighted by molar-refractivity contribution is 0.199. The highest BCUT2D eigenvalue weighted by Crippen LogP contribution is 2.26. The summed E-state index contributed by atoms with van der Waals surface area (Å²) in [6.45, 7) is 4.76. The van der Waals surface area contributed by atoms with E-state index in [4.69, 9.17) is 0 Å². The number of rotatable bonds is 6. The van der Waals surface area contributed by atoms with Gasteiger partial charge in [0.05, 0.1) is 6.10 Å². The fraction of sp³-hybridized carbons (Fsp3) is 0.571. The molecule has 0 spiro atoms. The highest BCUT2D eigenvalue weighted by Gasteiger charge is 2.12. The van der Waals surface area contributed by atoms with E-state index in [9.17, 15) is 9.50 Å². The summed E-state index contributed by atoms with van der Waals surface area (Å²) >= 11 is 0. The van der Waals surface area contributed by atoms with Gasteiger partial charge in [-0.1, -0.05) is 19.8 Å². The molecule has 0 saturated heterocycles. The molecule has 1 unspecified atom stereocenters. The SMILES string of the molecule is CCCCCN(C)c1ccc(F)cc1C(C)O. The van der Waals surface area contributed by atoms with Crippen molar-refractivity contribution in [3.63, 3.8) is 0 Å². The number of nitrogens with zero attached hydrogens (tertiary/aromatic N) is 1. The first-order chi connectivity index (χ1) is 8.06. The molecule has 3 heteroatoms. The predicted octanol–water partition coefficient (Wildman–Crippen LogP) is 3.51. The molecule has 0 aliphatic rings. The second-order valence-electron chi connectivity index (χ2n) is 4.51. The molecule has 0 aromatic heterocycles. The summed E-state index contributed by atoms with van der Waals surface area (Å²) < 4.78 is 13.1. The average molecular weight is 239 g/mol. The highest BCUT2D eigenvalue weighted by molar-refractivity contribution is 5.54. The van der Waals surface area contributed by atoms with Crippen LogP contribution in [0.5, 0.6) is 0 Å². The summed E-state index contributed by atoms with van der Waals surface area (Å²) in [4.78, 5) is 2.08. The minimum Gasteiger partial charge on any atom is -0.389 e. The van der Waals surface area contributed by atoms with Crippen molar-refractivity contribution in [1.29, 1.82) is 0 Å². The molecule has 0 radical (unpaired) electrons. The highest BCUT2D eigenvalue weighted by atomic mass is 19.1. The molecular formula is C14H22FNO. The molecule has 1 N–H and O–H groups in total. The molecule has 1 aromatic rings. The van der Waals surface area contributed by atoms with Crippen LogP contribution in [0.3, 0.4) is 0 Å². The minimum atomic E-state index is -0.644. The largest absolute Gasteiger partial charge is 0.389 e. The molecule has 1 aromatic carbocycles. The normalized spacial score (nSPS) is 12.5. The number of aliphatic hydroxyl groups excluding tert-OH is 1. The van der Waals surface area contributed by atoms with Gasteiger partial charge in [-0.25, -0.2) is 4.39 Å². The maximum Gasteiger partial charge on any atom is 0.123 e. The van der Waals surface area contributed by atoms with Crippen LogP contribution in [0.4, 0.5) is 10.1 Å². The Balaban J connectivity index is 2.81. The fourth-order valence-corrected chi connectivity index (χ4v) is 1.93. The monoisotopic (exact) mass is 239 g/mol. The Kier molecular flexibility index (Phi) is 5.42. The number of anilines is 1. The average Bonchev–Trinajstić information content (AvgIpc) is 2.29. The van der Waals surface area contributed by atoms with E-state index in [1.807, 2.05) is 7.05 Å². The minimum absolute atomic E-state index is 0.299. The number of halogens is 1. The molecule has 0 aliphatic heterocycles. The van der Waals surface area contributed by atoms with Gasteiger partial charge in [-0.05, 0) is 31.5 Å². The Morgan fingerprint density at radius 1 is 1.35 bits per heavy atom. The van der Waals surface area contributed by atoms with Gasteiger partial charge >= 0.3 is 0 Å². The van der Waals surface area contributed by atoms with E-state index in [-0.39, 0.29) is 5.82 Å². The maximum atomic E-state index is 13.1. The summed E-state index contributed by atoms with van der Waals surface area (Å²) in [7, 11) is 1.98. The van der Waals surface area contributed by atoms with Crippen molar-refractivity contribution in [2.45, 2.75) is 39.2 Å². The van der Waals surface area contributed by atoms with Gasteiger partial charge in [-0.15, -0.1) is 0 Å². The van der Waals surface area contributed by atoms with Crippen LogP contribution in [0.2, 0.25) is 0 Å². The third-order valence-electron chi connectivity index (χ3n) is 2.95. The van der Waals surface area contributed by atoms with Crippen LogP contribution in [0.15, 0.2) is 18.2 Å². The van der Waals surface area contributed by atoms with Gasteiger partial charge in [0.2, 0.25) is 0 Å². The standard InChI is InChI=1S/C14H22FNO/c1-4-5-6-9-16(3)14-8-7-12(15)10-13(14)11(2)17/h7-8,10-11,17H,4-6,9H2,1-3H3.